The SMILES string of the molecule is CC(Nc1nc(N)ncc1C#N)c1nc2cccc(C3CCN=N3)c2c(=O)n1-c1ccccc1. The fraction of sp³-hybridized carbons (Fsp3) is 0.208. The molecule has 3 N–H and O–H groups in total. The largest absolute Gasteiger partial charge is 0.368 e. The van der Waals surface area contributed by atoms with Gasteiger partial charge in [0.15, 0.2) is 0 Å². The molecule has 2 aromatic heterocycles. The van der Waals surface area contributed by atoms with Gasteiger partial charge in [0.2, 0.25) is 5.95 Å². The van der Waals surface area contributed by atoms with Gasteiger partial charge in [0.25, 0.3) is 5.56 Å². The lowest BCUT2D eigenvalue weighted by molar-refractivity contribution is 0.722. The van der Waals surface area contributed by atoms with Gasteiger partial charge >= 0.3 is 0 Å². The number of anilines is 2. The van der Waals surface area contributed by atoms with Crippen LogP contribution in [0.1, 0.15) is 42.4 Å². The van der Waals surface area contributed by atoms with Crippen molar-refractivity contribution in [1.82, 2.24) is 19.5 Å². The second-order valence-electron chi connectivity index (χ2n) is 7.94. The molecular weight excluding hydrogens is 430 g/mol. The summed E-state index contributed by atoms with van der Waals surface area (Å²) in [5, 5.41) is 21.6. The summed E-state index contributed by atoms with van der Waals surface area (Å²) in [6.07, 6.45) is 2.12. The third kappa shape index (κ3) is 3.73. The molecule has 0 bridgehead atoms. The number of nitrogens with zero attached hydrogens (tertiary/aromatic N) is 7. The first kappa shape index (κ1) is 21.2. The Morgan fingerprint density at radius 2 is 2.00 bits per heavy atom. The van der Waals surface area contributed by atoms with E-state index >= 15 is 0 Å². The number of azo groups is 1. The molecule has 0 fully saturated rings. The van der Waals surface area contributed by atoms with Crippen molar-refractivity contribution in [3.63, 3.8) is 0 Å². The van der Waals surface area contributed by atoms with Crippen LogP contribution in [-0.4, -0.2) is 26.1 Å². The number of nitrogens with two attached hydrogens (primary N) is 1. The molecule has 5 rings (SSSR count). The van der Waals surface area contributed by atoms with Gasteiger partial charge in [-0.05, 0) is 37.1 Å². The van der Waals surface area contributed by atoms with Crippen molar-refractivity contribution in [3.05, 3.63) is 82.0 Å². The topological polar surface area (TPSA) is 147 Å². The van der Waals surface area contributed by atoms with Gasteiger partial charge in [-0.15, -0.1) is 0 Å². The van der Waals surface area contributed by atoms with Crippen LogP contribution >= 0.6 is 0 Å². The normalized spacial score (nSPS) is 15.8. The van der Waals surface area contributed by atoms with Gasteiger partial charge in [0.1, 0.15) is 23.3 Å². The molecule has 168 valence electrons. The van der Waals surface area contributed by atoms with Gasteiger partial charge in [-0.1, -0.05) is 30.3 Å². The van der Waals surface area contributed by atoms with Crippen LogP contribution in [0.3, 0.4) is 0 Å². The molecule has 0 aliphatic carbocycles. The fourth-order valence-corrected chi connectivity index (χ4v) is 4.14. The number of hydrogen-bond donors (Lipinski definition) is 2. The fourth-order valence-electron chi connectivity index (χ4n) is 4.14. The highest BCUT2D eigenvalue weighted by Crippen LogP contribution is 2.31. The van der Waals surface area contributed by atoms with E-state index in [9.17, 15) is 10.1 Å². The van der Waals surface area contributed by atoms with Crippen LogP contribution in [0.5, 0.6) is 0 Å². The van der Waals surface area contributed by atoms with Crippen LogP contribution in [0, 0.1) is 11.3 Å². The third-order valence-corrected chi connectivity index (χ3v) is 5.72. The zero-order valence-electron chi connectivity index (χ0n) is 18.4. The lowest BCUT2D eigenvalue weighted by Gasteiger charge is -2.21. The third-order valence-electron chi connectivity index (χ3n) is 5.72. The van der Waals surface area contributed by atoms with Crippen LogP contribution in [-0.2, 0) is 0 Å². The van der Waals surface area contributed by atoms with Crippen molar-refractivity contribution < 1.29 is 0 Å². The predicted octanol–water partition coefficient (Wildman–Crippen LogP) is 3.70. The number of para-hydroxylation sites is 1. The number of rotatable bonds is 5. The quantitative estimate of drug-likeness (QED) is 0.470. The van der Waals surface area contributed by atoms with Crippen LogP contribution < -0.4 is 16.6 Å². The second-order valence-corrected chi connectivity index (χ2v) is 7.94. The number of nitriles is 1. The molecule has 34 heavy (non-hydrogen) atoms. The van der Waals surface area contributed by atoms with E-state index in [1.165, 1.54) is 6.20 Å². The van der Waals surface area contributed by atoms with Crippen molar-refractivity contribution in [3.8, 4) is 11.8 Å². The zero-order valence-corrected chi connectivity index (χ0v) is 18.4. The van der Waals surface area contributed by atoms with Crippen molar-refractivity contribution in [2.45, 2.75) is 25.4 Å². The molecule has 0 spiro atoms. The van der Waals surface area contributed by atoms with Crippen LogP contribution in [0.2, 0.25) is 0 Å². The average molecular weight is 451 g/mol. The van der Waals surface area contributed by atoms with E-state index in [4.69, 9.17) is 10.7 Å². The van der Waals surface area contributed by atoms with E-state index in [1.807, 2.05) is 55.5 Å². The molecule has 0 radical (unpaired) electrons. The van der Waals surface area contributed by atoms with Crippen LogP contribution in [0.25, 0.3) is 16.6 Å². The summed E-state index contributed by atoms with van der Waals surface area (Å²) in [6, 6.07) is 16.3. The Bertz CT molecular complexity index is 1510. The first-order valence-corrected chi connectivity index (χ1v) is 10.8. The highest BCUT2D eigenvalue weighted by atomic mass is 16.1. The Kier molecular flexibility index (Phi) is 5.43. The Morgan fingerprint density at radius 3 is 2.74 bits per heavy atom. The highest BCUT2D eigenvalue weighted by Gasteiger charge is 2.24. The van der Waals surface area contributed by atoms with Gasteiger partial charge in [0.05, 0.1) is 41.4 Å². The number of nitrogen functional groups attached to an aromatic ring is 1. The Hall–Kier alpha value is -4.65. The number of hydrogen-bond acceptors (Lipinski definition) is 9. The summed E-state index contributed by atoms with van der Waals surface area (Å²) < 4.78 is 1.59. The monoisotopic (exact) mass is 451 g/mol. The molecule has 0 amide bonds. The average Bonchev–Trinajstić information content (AvgIpc) is 3.39. The number of aromatic nitrogens is 4. The van der Waals surface area contributed by atoms with E-state index in [-0.39, 0.29) is 28.9 Å². The summed E-state index contributed by atoms with van der Waals surface area (Å²) in [5.74, 6) is 0.780. The van der Waals surface area contributed by atoms with Gasteiger partial charge in [-0.25, -0.2) is 9.97 Å². The van der Waals surface area contributed by atoms with Gasteiger partial charge in [0, 0.05) is 0 Å². The van der Waals surface area contributed by atoms with Gasteiger partial charge in [-0.2, -0.15) is 20.5 Å². The summed E-state index contributed by atoms with van der Waals surface area (Å²) in [7, 11) is 0. The Morgan fingerprint density at radius 1 is 1.18 bits per heavy atom. The first-order chi connectivity index (χ1) is 16.6. The lowest BCUT2D eigenvalue weighted by Crippen LogP contribution is -2.28. The van der Waals surface area contributed by atoms with Crippen LogP contribution in [0.15, 0.2) is 69.8 Å². The molecule has 10 heteroatoms. The first-order valence-electron chi connectivity index (χ1n) is 10.8. The zero-order chi connectivity index (χ0) is 23.7. The molecule has 4 aromatic rings. The van der Waals surface area contributed by atoms with Gasteiger partial charge in [-0.3, -0.25) is 9.36 Å². The molecule has 1 aliphatic rings. The van der Waals surface area contributed by atoms with E-state index in [2.05, 4.69) is 31.6 Å². The van der Waals surface area contributed by atoms with Crippen molar-refractivity contribution in [1.29, 1.82) is 5.26 Å². The van der Waals surface area contributed by atoms with Crippen molar-refractivity contribution >= 4 is 22.7 Å². The van der Waals surface area contributed by atoms with Gasteiger partial charge < -0.3 is 11.1 Å². The lowest BCUT2D eigenvalue weighted by atomic mass is 10.0. The Labute approximate surface area is 194 Å². The molecule has 2 atom stereocenters. The molecule has 3 heterocycles. The van der Waals surface area contributed by atoms with E-state index in [0.29, 0.717) is 29.0 Å². The smallest absolute Gasteiger partial charge is 0.266 e. The molecule has 10 nitrogen and oxygen atoms in total. The molecule has 2 aromatic carbocycles. The summed E-state index contributed by atoms with van der Waals surface area (Å²) in [4.78, 5) is 26.9. The maximum absolute atomic E-state index is 14.0. The molecule has 0 saturated heterocycles. The summed E-state index contributed by atoms with van der Waals surface area (Å²) >= 11 is 0. The predicted molar refractivity (Wildman–Crippen MR) is 128 cm³/mol. The molecule has 2 unspecified atom stereocenters. The Balaban J connectivity index is 1.72. The minimum Gasteiger partial charge on any atom is -0.368 e. The van der Waals surface area contributed by atoms with Crippen LogP contribution in [0.4, 0.5) is 11.8 Å². The molecular formula is C24H21N9O. The minimum atomic E-state index is -0.492. The van der Waals surface area contributed by atoms with Crippen molar-refractivity contribution in [2.24, 2.45) is 10.2 Å². The summed E-state index contributed by atoms with van der Waals surface area (Å²) in [6.45, 7) is 2.49. The maximum Gasteiger partial charge on any atom is 0.266 e. The van der Waals surface area contributed by atoms with E-state index in [1.54, 1.807) is 4.57 Å². The summed E-state index contributed by atoms with van der Waals surface area (Å²) in [5.41, 5.74) is 7.85. The maximum atomic E-state index is 14.0. The second kappa shape index (κ2) is 8.71. The number of benzene rings is 2. The standard InChI is InChI=1S/C24H21N9O/c1-14(29-21-15(12-25)13-27-24(26)31-21)22-30-19-9-5-8-17(18-10-11-28-32-18)20(19)23(34)33(22)16-6-3-2-4-7-16/h2-9,13-14,18H,10-11H2,1H3,(H3,26,27,29,31). The highest BCUT2D eigenvalue weighted by molar-refractivity contribution is 5.82. The minimum absolute atomic E-state index is 0.0380. The number of fused-ring (bicyclic) bond motifs is 1. The van der Waals surface area contributed by atoms with E-state index in [0.717, 1.165) is 12.0 Å². The number of nitrogens with one attached hydrogen (secondary N) is 1. The van der Waals surface area contributed by atoms with E-state index < -0.39 is 6.04 Å². The molecule has 0 saturated carbocycles. The van der Waals surface area contributed by atoms with Crippen molar-refractivity contribution in [2.75, 3.05) is 17.6 Å². The molecule has 1 aliphatic heterocycles.